The van der Waals surface area contributed by atoms with Gasteiger partial charge in [-0.1, -0.05) is 72.3 Å². The number of benzene rings is 3. The van der Waals surface area contributed by atoms with Crippen molar-refractivity contribution in [3.63, 3.8) is 0 Å². The standard InChI is InChI=1S/C32H29NS/c1-23-3-4-29(21-23)26-5-7-28(8-6-26)32-14-11-30(22-24(32)2)27-9-12-31(13-10-27)34-20-17-25-15-18-33-19-16-25/h3-16,18-19,22H,17,20-21H2,1-2H3. The summed E-state index contributed by atoms with van der Waals surface area (Å²) in [4.78, 5) is 5.40. The highest BCUT2D eigenvalue weighted by Crippen LogP contribution is 2.32. The van der Waals surface area contributed by atoms with E-state index in [9.17, 15) is 0 Å². The number of nitrogens with zero attached hydrogens (tertiary/aromatic N) is 1. The smallest absolute Gasteiger partial charge is 0.0270 e. The van der Waals surface area contributed by atoms with Gasteiger partial charge in [0.05, 0.1) is 0 Å². The number of allylic oxidation sites excluding steroid dienone is 4. The van der Waals surface area contributed by atoms with Crippen LogP contribution in [0.4, 0.5) is 0 Å². The number of hydrogen-bond donors (Lipinski definition) is 0. The Morgan fingerprint density at radius 3 is 2.06 bits per heavy atom. The van der Waals surface area contributed by atoms with Gasteiger partial charge in [-0.05, 0) is 95.5 Å². The Morgan fingerprint density at radius 1 is 0.706 bits per heavy atom. The lowest BCUT2D eigenvalue weighted by molar-refractivity contribution is 1.13. The fraction of sp³-hybridized carbons (Fsp3) is 0.156. The SMILES string of the molecule is CC1=CC=C(c2ccc(-c3ccc(-c4ccc(SCCc5ccncc5)cc4)cc3C)cc2)C1. The van der Waals surface area contributed by atoms with Crippen molar-refractivity contribution in [1.82, 2.24) is 4.98 Å². The first kappa shape index (κ1) is 22.4. The highest BCUT2D eigenvalue weighted by molar-refractivity contribution is 7.99. The van der Waals surface area contributed by atoms with Crippen molar-refractivity contribution >= 4 is 17.3 Å². The van der Waals surface area contributed by atoms with Gasteiger partial charge in [0.15, 0.2) is 0 Å². The van der Waals surface area contributed by atoms with Gasteiger partial charge in [-0.25, -0.2) is 0 Å². The molecule has 0 aliphatic heterocycles. The second-order valence-corrected chi connectivity index (χ2v) is 10.1. The molecular weight excluding hydrogens is 430 g/mol. The van der Waals surface area contributed by atoms with Crippen LogP contribution >= 0.6 is 11.8 Å². The molecule has 0 bridgehead atoms. The van der Waals surface area contributed by atoms with Crippen molar-refractivity contribution in [3.8, 4) is 22.3 Å². The number of thioether (sulfide) groups is 1. The molecule has 0 fully saturated rings. The van der Waals surface area contributed by atoms with E-state index in [0.717, 1.165) is 18.6 Å². The van der Waals surface area contributed by atoms with Crippen molar-refractivity contribution in [3.05, 3.63) is 126 Å². The second-order valence-electron chi connectivity index (χ2n) is 8.97. The molecule has 1 aliphatic carbocycles. The molecule has 0 saturated heterocycles. The molecule has 2 heteroatoms. The van der Waals surface area contributed by atoms with Gasteiger partial charge >= 0.3 is 0 Å². The normalized spacial score (nSPS) is 13.0. The van der Waals surface area contributed by atoms with E-state index in [-0.39, 0.29) is 0 Å². The van der Waals surface area contributed by atoms with Crippen LogP contribution in [0.3, 0.4) is 0 Å². The predicted octanol–water partition coefficient (Wildman–Crippen LogP) is 8.79. The molecule has 1 nitrogen and oxygen atoms in total. The number of hydrogen-bond acceptors (Lipinski definition) is 2. The van der Waals surface area contributed by atoms with Crippen molar-refractivity contribution in [2.45, 2.75) is 31.6 Å². The average Bonchev–Trinajstić information content (AvgIpc) is 3.31. The largest absolute Gasteiger partial charge is 0.265 e. The van der Waals surface area contributed by atoms with Crippen molar-refractivity contribution < 1.29 is 0 Å². The molecule has 0 amide bonds. The highest BCUT2D eigenvalue weighted by Gasteiger charge is 2.09. The summed E-state index contributed by atoms with van der Waals surface area (Å²) in [5.41, 5.74) is 11.9. The van der Waals surface area contributed by atoms with Crippen LogP contribution in [0.1, 0.15) is 30.0 Å². The molecule has 0 unspecified atom stereocenters. The first-order chi connectivity index (χ1) is 16.7. The van der Waals surface area contributed by atoms with Gasteiger partial charge in [0, 0.05) is 23.0 Å². The summed E-state index contributed by atoms with van der Waals surface area (Å²) in [6, 6.07) is 29.0. The maximum atomic E-state index is 4.09. The Labute approximate surface area is 207 Å². The zero-order chi connectivity index (χ0) is 23.3. The Morgan fingerprint density at radius 2 is 1.38 bits per heavy atom. The van der Waals surface area contributed by atoms with Gasteiger partial charge in [0.1, 0.15) is 0 Å². The van der Waals surface area contributed by atoms with Crippen LogP contribution in [0.5, 0.6) is 0 Å². The van der Waals surface area contributed by atoms with Crippen molar-refractivity contribution in [1.29, 1.82) is 0 Å². The average molecular weight is 460 g/mol. The van der Waals surface area contributed by atoms with Gasteiger partial charge in [0.25, 0.3) is 0 Å². The summed E-state index contributed by atoms with van der Waals surface area (Å²) >= 11 is 1.90. The lowest BCUT2D eigenvalue weighted by Gasteiger charge is -2.11. The molecule has 5 rings (SSSR count). The van der Waals surface area contributed by atoms with Gasteiger partial charge in [0.2, 0.25) is 0 Å². The molecule has 0 radical (unpaired) electrons. The fourth-order valence-corrected chi connectivity index (χ4v) is 5.37. The molecule has 0 spiro atoms. The number of aryl methyl sites for hydroxylation is 2. The summed E-state index contributed by atoms with van der Waals surface area (Å²) in [5.74, 6) is 1.07. The Balaban J connectivity index is 1.24. The summed E-state index contributed by atoms with van der Waals surface area (Å²) in [7, 11) is 0. The van der Waals surface area contributed by atoms with Gasteiger partial charge < -0.3 is 0 Å². The van der Waals surface area contributed by atoms with Crippen LogP contribution in [-0.2, 0) is 6.42 Å². The van der Waals surface area contributed by atoms with E-state index >= 15 is 0 Å². The van der Waals surface area contributed by atoms with E-state index in [0.29, 0.717) is 0 Å². The Bertz CT molecular complexity index is 1330. The topological polar surface area (TPSA) is 12.9 Å². The molecular formula is C32H29NS. The third-order valence-corrected chi connectivity index (χ3v) is 7.44. The van der Waals surface area contributed by atoms with E-state index in [1.165, 1.54) is 55.0 Å². The lowest BCUT2D eigenvalue weighted by atomic mass is 9.94. The summed E-state index contributed by atoms with van der Waals surface area (Å²) in [5, 5.41) is 0. The van der Waals surface area contributed by atoms with Crippen LogP contribution in [0.15, 0.2) is 114 Å². The van der Waals surface area contributed by atoms with Crippen LogP contribution in [0.2, 0.25) is 0 Å². The maximum Gasteiger partial charge on any atom is 0.0270 e. The minimum absolute atomic E-state index is 1.06. The van der Waals surface area contributed by atoms with E-state index in [2.05, 4.69) is 110 Å². The van der Waals surface area contributed by atoms with E-state index in [1.807, 2.05) is 24.2 Å². The quantitative estimate of drug-likeness (QED) is 0.256. The molecule has 1 aromatic heterocycles. The molecule has 0 atom stereocenters. The molecule has 3 aromatic carbocycles. The van der Waals surface area contributed by atoms with Crippen LogP contribution < -0.4 is 0 Å². The Hall–Kier alpha value is -3.36. The maximum absolute atomic E-state index is 4.09. The lowest BCUT2D eigenvalue weighted by Crippen LogP contribution is -1.89. The molecule has 1 aliphatic rings. The summed E-state index contributed by atoms with van der Waals surface area (Å²) < 4.78 is 0. The molecule has 0 saturated carbocycles. The monoisotopic (exact) mass is 459 g/mol. The van der Waals surface area contributed by atoms with Crippen molar-refractivity contribution in [2.24, 2.45) is 0 Å². The second kappa shape index (κ2) is 10.3. The van der Waals surface area contributed by atoms with Crippen LogP contribution in [-0.4, -0.2) is 10.7 Å². The number of aromatic nitrogens is 1. The molecule has 0 N–H and O–H groups in total. The van der Waals surface area contributed by atoms with E-state index in [4.69, 9.17) is 0 Å². The highest BCUT2D eigenvalue weighted by atomic mass is 32.2. The van der Waals surface area contributed by atoms with Crippen molar-refractivity contribution in [2.75, 3.05) is 5.75 Å². The molecule has 4 aromatic rings. The van der Waals surface area contributed by atoms with Crippen LogP contribution in [0.25, 0.3) is 27.8 Å². The predicted molar refractivity (Wildman–Crippen MR) is 147 cm³/mol. The third-order valence-electron chi connectivity index (χ3n) is 6.43. The van der Waals surface area contributed by atoms with Gasteiger partial charge in [-0.3, -0.25) is 4.98 Å². The van der Waals surface area contributed by atoms with Gasteiger partial charge in [-0.2, -0.15) is 0 Å². The first-order valence-electron chi connectivity index (χ1n) is 11.9. The zero-order valence-electron chi connectivity index (χ0n) is 19.8. The molecule has 1 heterocycles. The summed E-state index contributed by atoms with van der Waals surface area (Å²) in [6.07, 6.45) is 10.3. The number of pyridine rings is 1. The zero-order valence-corrected chi connectivity index (χ0v) is 20.6. The minimum atomic E-state index is 1.06. The Kier molecular flexibility index (Phi) is 6.78. The van der Waals surface area contributed by atoms with Gasteiger partial charge in [-0.15, -0.1) is 11.8 Å². The number of rotatable bonds is 7. The fourth-order valence-electron chi connectivity index (χ4n) is 4.47. The molecule has 168 valence electrons. The van der Waals surface area contributed by atoms with E-state index < -0.39 is 0 Å². The first-order valence-corrected chi connectivity index (χ1v) is 12.8. The van der Waals surface area contributed by atoms with E-state index in [1.54, 1.807) is 0 Å². The third kappa shape index (κ3) is 5.24. The van der Waals surface area contributed by atoms with Crippen LogP contribution in [0, 0.1) is 6.92 Å². The minimum Gasteiger partial charge on any atom is -0.265 e. The molecule has 34 heavy (non-hydrogen) atoms. The summed E-state index contributed by atoms with van der Waals surface area (Å²) in [6.45, 7) is 4.40.